The van der Waals surface area contributed by atoms with Crippen LogP contribution in [0.25, 0.3) is 0 Å². The summed E-state index contributed by atoms with van der Waals surface area (Å²) in [5, 5.41) is 3.34. The minimum absolute atomic E-state index is 0.463. The summed E-state index contributed by atoms with van der Waals surface area (Å²) in [5.41, 5.74) is 1.17. The van der Waals surface area contributed by atoms with E-state index in [9.17, 15) is 0 Å². The quantitative estimate of drug-likeness (QED) is 0.865. The summed E-state index contributed by atoms with van der Waals surface area (Å²) >= 11 is 0. The van der Waals surface area contributed by atoms with E-state index in [1.807, 2.05) is 12.3 Å². The molecule has 1 N–H and O–H groups in total. The molecule has 1 fully saturated rings. The summed E-state index contributed by atoms with van der Waals surface area (Å²) in [6.07, 6.45) is 4.03. The molecule has 0 atom stereocenters. The fourth-order valence-electron chi connectivity index (χ4n) is 2.02. The zero-order chi connectivity index (χ0) is 12.1. The van der Waals surface area contributed by atoms with Crippen LogP contribution in [0.5, 0.6) is 0 Å². The molecule has 2 rings (SSSR count). The number of nitrogens with one attached hydrogen (secondary N) is 1. The molecule has 1 aliphatic heterocycles. The molecule has 0 bridgehead atoms. The van der Waals surface area contributed by atoms with Gasteiger partial charge in [-0.1, -0.05) is 13.8 Å². The van der Waals surface area contributed by atoms with Gasteiger partial charge in [-0.3, -0.25) is 0 Å². The fourth-order valence-corrected chi connectivity index (χ4v) is 2.02. The lowest BCUT2D eigenvalue weighted by Crippen LogP contribution is -2.23. The van der Waals surface area contributed by atoms with E-state index in [1.54, 1.807) is 0 Å². The summed E-state index contributed by atoms with van der Waals surface area (Å²) in [7, 11) is 0. The van der Waals surface area contributed by atoms with Gasteiger partial charge in [0.05, 0.1) is 6.54 Å². The van der Waals surface area contributed by atoms with Gasteiger partial charge in [-0.25, -0.2) is 9.97 Å². The van der Waals surface area contributed by atoms with Gasteiger partial charge in [-0.15, -0.1) is 0 Å². The SMILES string of the molecule is CC(C)NCc1nccc(C2CCOCC2)n1. The standard InChI is InChI=1S/C13H21N3O/c1-10(2)15-9-13-14-6-3-12(16-13)11-4-7-17-8-5-11/h3,6,10-11,15H,4-5,7-9H2,1-2H3. The van der Waals surface area contributed by atoms with Gasteiger partial charge in [0, 0.05) is 37.1 Å². The van der Waals surface area contributed by atoms with E-state index in [0.717, 1.165) is 38.4 Å². The van der Waals surface area contributed by atoms with E-state index in [-0.39, 0.29) is 0 Å². The number of ether oxygens (including phenoxy) is 1. The molecule has 0 spiro atoms. The number of nitrogens with zero attached hydrogens (tertiary/aromatic N) is 2. The van der Waals surface area contributed by atoms with Gasteiger partial charge in [-0.2, -0.15) is 0 Å². The highest BCUT2D eigenvalue weighted by Gasteiger charge is 2.17. The Bertz CT molecular complexity index is 348. The van der Waals surface area contributed by atoms with Crippen molar-refractivity contribution in [3.63, 3.8) is 0 Å². The van der Waals surface area contributed by atoms with Crippen LogP contribution in [0, 0.1) is 0 Å². The van der Waals surface area contributed by atoms with Crippen LogP contribution in [0.15, 0.2) is 12.3 Å². The van der Waals surface area contributed by atoms with Crippen LogP contribution in [0.1, 0.15) is 44.1 Å². The Morgan fingerprint density at radius 3 is 2.88 bits per heavy atom. The molecule has 4 nitrogen and oxygen atoms in total. The zero-order valence-electron chi connectivity index (χ0n) is 10.6. The molecule has 0 unspecified atom stereocenters. The van der Waals surface area contributed by atoms with Gasteiger partial charge in [0.25, 0.3) is 0 Å². The third-order valence-corrected chi connectivity index (χ3v) is 3.04. The molecule has 0 amide bonds. The van der Waals surface area contributed by atoms with Crippen molar-refractivity contribution in [2.75, 3.05) is 13.2 Å². The Morgan fingerprint density at radius 2 is 2.18 bits per heavy atom. The van der Waals surface area contributed by atoms with Crippen molar-refractivity contribution >= 4 is 0 Å². The highest BCUT2D eigenvalue weighted by atomic mass is 16.5. The third kappa shape index (κ3) is 3.75. The van der Waals surface area contributed by atoms with E-state index in [0.29, 0.717) is 12.0 Å². The minimum atomic E-state index is 0.463. The molecular weight excluding hydrogens is 214 g/mol. The second kappa shape index (κ2) is 6.07. The van der Waals surface area contributed by atoms with Gasteiger partial charge in [-0.05, 0) is 18.9 Å². The van der Waals surface area contributed by atoms with Gasteiger partial charge < -0.3 is 10.1 Å². The first-order valence-electron chi connectivity index (χ1n) is 6.38. The topological polar surface area (TPSA) is 47.0 Å². The van der Waals surface area contributed by atoms with Crippen LogP contribution >= 0.6 is 0 Å². The predicted molar refractivity (Wildman–Crippen MR) is 66.8 cm³/mol. The van der Waals surface area contributed by atoms with Crippen molar-refractivity contribution in [1.82, 2.24) is 15.3 Å². The van der Waals surface area contributed by atoms with Crippen molar-refractivity contribution in [3.05, 3.63) is 23.8 Å². The highest BCUT2D eigenvalue weighted by Crippen LogP contribution is 2.24. The lowest BCUT2D eigenvalue weighted by molar-refractivity contribution is 0.0844. The average Bonchev–Trinajstić information content (AvgIpc) is 2.38. The molecule has 1 aliphatic rings. The van der Waals surface area contributed by atoms with Crippen LogP contribution in [-0.4, -0.2) is 29.2 Å². The van der Waals surface area contributed by atoms with Gasteiger partial charge >= 0.3 is 0 Å². The smallest absolute Gasteiger partial charge is 0.142 e. The molecule has 1 aromatic rings. The van der Waals surface area contributed by atoms with Crippen LogP contribution in [0.3, 0.4) is 0 Å². The second-order valence-corrected chi connectivity index (χ2v) is 4.82. The third-order valence-electron chi connectivity index (χ3n) is 3.04. The van der Waals surface area contributed by atoms with E-state index < -0.39 is 0 Å². The number of aromatic nitrogens is 2. The van der Waals surface area contributed by atoms with E-state index in [1.165, 1.54) is 5.69 Å². The molecule has 0 saturated carbocycles. The van der Waals surface area contributed by atoms with Crippen LogP contribution in [-0.2, 0) is 11.3 Å². The molecule has 17 heavy (non-hydrogen) atoms. The van der Waals surface area contributed by atoms with E-state index in [4.69, 9.17) is 4.74 Å². The first-order chi connectivity index (χ1) is 8.25. The van der Waals surface area contributed by atoms with Gasteiger partial charge in [0.1, 0.15) is 5.82 Å². The Labute approximate surface area is 103 Å². The molecule has 94 valence electrons. The zero-order valence-corrected chi connectivity index (χ0v) is 10.6. The Morgan fingerprint density at radius 1 is 1.41 bits per heavy atom. The molecule has 1 saturated heterocycles. The highest BCUT2D eigenvalue weighted by molar-refractivity contribution is 5.09. The van der Waals surface area contributed by atoms with Gasteiger partial charge in [0.15, 0.2) is 0 Å². The lowest BCUT2D eigenvalue weighted by atomic mass is 9.96. The first kappa shape index (κ1) is 12.5. The maximum absolute atomic E-state index is 5.37. The molecule has 0 aliphatic carbocycles. The van der Waals surface area contributed by atoms with E-state index in [2.05, 4.69) is 29.1 Å². The van der Waals surface area contributed by atoms with E-state index >= 15 is 0 Å². The summed E-state index contributed by atoms with van der Waals surface area (Å²) in [6.45, 7) is 6.71. The molecule has 4 heteroatoms. The number of rotatable bonds is 4. The Kier molecular flexibility index (Phi) is 4.45. The minimum Gasteiger partial charge on any atom is -0.381 e. The molecular formula is C13H21N3O. The fraction of sp³-hybridized carbons (Fsp3) is 0.692. The largest absolute Gasteiger partial charge is 0.381 e. The first-order valence-corrected chi connectivity index (χ1v) is 6.38. The second-order valence-electron chi connectivity index (χ2n) is 4.82. The monoisotopic (exact) mass is 235 g/mol. The van der Waals surface area contributed by atoms with Crippen LogP contribution < -0.4 is 5.32 Å². The Balaban J connectivity index is 2.00. The van der Waals surface area contributed by atoms with Gasteiger partial charge in [0.2, 0.25) is 0 Å². The van der Waals surface area contributed by atoms with Crippen molar-refractivity contribution in [2.45, 2.75) is 45.2 Å². The average molecular weight is 235 g/mol. The molecule has 0 aromatic carbocycles. The van der Waals surface area contributed by atoms with Crippen molar-refractivity contribution in [1.29, 1.82) is 0 Å². The van der Waals surface area contributed by atoms with Crippen molar-refractivity contribution < 1.29 is 4.74 Å². The van der Waals surface area contributed by atoms with Crippen molar-refractivity contribution in [3.8, 4) is 0 Å². The normalized spacial score (nSPS) is 17.6. The summed E-state index contributed by atoms with van der Waals surface area (Å²) in [6, 6.07) is 2.50. The lowest BCUT2D eigenvalue weighted by Gasteiger charge is -2.21. The summed E-state index contributed by atoms with van der Waals surface area (Å²) in [4.78, 5) is 8.94. The Hall–Kier alpha value is -1.00. The summed E-state index contributed by atoms with van der Waals surface area (Å²) < 4.78 is 5.37. The molecule has 2 heterocycles. The number of hydrogen-bond acceptors (Lipinski definition) is 4. The molecule has 1 aromatic heterocycles. The maximum atomic E-state index is 5.37. The predicted octanol–water partition coefficient (Wildman–Crippen LogP) is 1.87. The van der Waals surface area contributed by atoms with Crippen LogP contribution in [0.2, 0.25) is 0 Å². The van der Waals surface area contributed by atoms with Crippen LogP contribution in [0.4, 0.5) is 0 Å². The molecule has 0 radical (unpaired) electrons. The summed E-state index contributed by atoms with van der Waals surface area (Å²) in [5.74, 6) is 1.44. The van der Waals surface area contributed by atoms with Crippen molar-refractivity contribution in [2.24, 2.45) is 0 Å². The maximum Gasteiger partial charge on any atom is 0.142 e. The number of hydrogen-bond donors (Lipinski definition) is 1.